The van der Waals surface area contributed by atoms with Gasteiger partial charge in [-0.15, -0.1) is 0 Å². The number of nitrogens with zero attached hydrogens (tertiary/aromatic N) is 1. The Morgan fingerprint density at radius 1 is 1.06 bits per heavy atom. The van der Waals surface area contributed by atoms with Gasteiger partial charge < -0.3 is 19.7 Å². The maximum absolute atomic E-state index is 13.2. The molecule has 0 aromatic heterocycles. The normalized spacial score (nSPS) is 12.5. The Morgan fingerprint density at radius 3 is 2.45 bits per heavy atom. The summed E-state index contributed by atoms with van der Waals surface area (Å²) in [6.45, 7) is 7.97. The minimum Gasteiger partial charge on any atom is -0.497 e. The van der Waals surface area contributed by atoms with Crippen molar-refractivity contribution in [2.24, 2.45) is 0 Å². The Kier molecular flexibility index (Phi) is 9.38. The van der Waals surface area contributed by atoms with Crippen LogP contribution in [0.4, 0.5) is 0 Å². The highest BCUT2D eigenvalue weighted by molar-refractivity contribution is 5.88. The predicted molar refractivity (Wildman–Crippen MR) is 122 cm³/mol. The molecule has 168 valence electrons. The van der Waals surface area contributed by atoms with Crippen LogP contribution in [0, 0.1) is 6.92 Å². The first-order valence-corrected chi connectivity index (χ1v) is 10.8. The first kappa shape index (κ1) is 24.3. The van der Waals surface area contributed by atoms with Gasteiger partial charge >= 0.3 is 0 Å². The minimum atomic E-state index is -0.590. The molecule has 0 bridgehead atoms. The third kappa shape index (κ3) is 7.02. The molecule has 2 aromatic rings. The summed E-state index contributed by atoms with van der Waals surface area (Å²) in [5.74, 6) is 0.980. The van der Waals surface area contributed by atoms with Gasteiger partial charge in [0.1, 0.15) is 17.5 Å². The van der Waals surface area contributed by atoms with E-state index in [2.05, 4.69) is 5.32 Å². The number of carbonyl (C=O) groups excluding carboxylic acids is 2. The Labute approximate surface area is 185 Å². The second-order valence-electron chi connectivity index (χ2n) is 7.67. The van der Waals surface area contributed by atoms with Crippen LogP contribution in [0.2, 0.25) is 0 Å². The number of hydrogen-bond donors (Lipinski definition) is 1. The molecule has 0 radical (unpaired) electrons. The number of ether oxygens (including phenoxy) is 2. The molecule has 2 atom stereocenters. The number of nitrogens with one attached hydrogen (secondary N) is 1. The van der Waals surface area contributed by atoms with Crippen molar-refractivity contribution in [2.45, 2.75) is 59.2 Å². The summed E-state index contributed by atoms with van der Waals surface area (Å²) < 4.78 is 11.1. The molecule has 0 fully saturated rings. The highest BCUT2D eigenvalue weighted by atomic mass is 16.5. The monoisotopic (exact) mass is 426 g/mol. The van der Waals surface area contributed by atoms with Crippen LogP contribution in [-0.4, -0.2) is 42.5 Å². The van der Waals surface area contributed by atoms with E-state index in [0.717, 1.165) is 17.5 Å². The highest BCUT2D eigenvalue weighted by Crippen LogP contribution is 2.19. The van der Waals surface area contributed by atoms with Gasteiger partial charge in [-0.05, 0) is 56.0 Å². The van der Waals surface area contributed by atoms with Crippen LogP contribution in [0.5, 0.6) is 11.5 Å². The molecule has 1 N–H and O–H groups in total. The fraction of sp³-hybridized carbons (Fsp3) is 0.440. The zero-order valence-electron chi connectivity index (χ0n) is 19.2. The van der Waals surface area contributed by atoms with Crippen molar-refractivity contribution >= 4 is 11.8 Å². The van der Waals surface area contributed by atoms with Crippen LogP contribution in [0.15, 0.2) is 48.5 Å². The van der Waals surface area contributed by atoms with E-state index in [1.807, 2.05) is 76.2 Å². The summed E-state index contributed by atoms with van der Waals surface area (Å²) in [5, 5.41) is 3.01. The van der Waals surface area contributed by atoms with Crippen LogP contribution >= 0.6 is 0 Å². The van der Waals surface area contributed by atoms with E-state index in [1.165, 1.54) is 0 Å². The molecule has 2 aromatic carbocycles. The van der Waals surface area contributed by atoms with E-state index in [1.54, 1.807) is 12.0 Å². The van der Waals surface area contributed by atoms with Gasteiger partial charge in [-0.3, -0.25) is 9.59 Å². The lowest BCUT2D eigenvalue weighted by Gasteiger charge is -2.31. The molecule has 31 heavy (non-hydrogen) atoms. The highest BCUT2D eigenvalue weighted by Gasteiger charge is 2.29. The van der Waals surface area contributed by atoms with Gasteiger partial charge in [0.2, 0.25) is 5.91 Å². The van der Waals surface area contributed by atoms with Crippen molar-refractivity contribution in [2.75, 3.05) is 13.7 Å². The molecule has 0 aliphatic heterocycles. The number of benzene rings is 2. The van der Waals surface area contributed by atoms with E-state index in [9.17, 15) is 9.59 Å². The maximum atomic E-state index is 13.2. The summed E-state index contributed by atoms with van der Waals surface area (Å²) in [5.41, 5.74) is 1.84. The average molecular weight is 427 g/mol. The Bertz CT molecular complexity index is 868. The predicted octanol–water partition coefficient (Wildman–Crippen LogP) is 4.10. The topological polar surface area (TPSA) is 67.9 Å². The van der Waals surface area contributed by atoms with Crippen molar-refractivity contribution < 1.29 is 19.1 Å². The fourth-order valence-electron chi connectivity index (χ4n) is 3.27. The SMILES string of the molecule is CC[C@H](C(=O)N[C@@H](C)CC)N(Cc1cccc(OC)c1)C(=O)COc1ccccc1C. The number of aryl methyl sites for hydroxylation is 1. The Morgan fingerprint density at radius 2 is 1.81 bits per heavy atom. The van der Waals surface area contributed by atoms with Gasteiger partial charge in [-0.25, -0.2) is 0 Å². The van der Waals surface area contributed by atoms with Gasteiger partial charge in [-0.2, -0.15) is 0 Å². The van der Waals surface area contributed by atoms with Crippen molar-refractivity contribution in [3.05, 3.63) is 59.7 Å². The van der Waals surface area contributed by atoms with Gasteiger partial charge in [0.15, 0.2) is 6.61 Å². The van der Waals surface area contributed by atoms with Crippen LogP contribution in [-0.2, 0) is 16.1 Å². The summed E-state index contributed by atoms with van der Waals surface area (Å²) in [7, 11) is 1.60. The molecule has 2 rings (SSSR count). The van der Waals surface area contributed by atoms with Crippen LogP contribution in [0.1, 0.15) is 44.7 Å². The van der Waals surface area contributed by atoms with Gasteiger partial charge in [0.25, 0.3) is 5.91 Å². The standard InChI is InChI=1S/C25H34N2O4/c1-6-19(4)26-25(29)22(7-2)27(16-20-12-10-13-21(15-20)30-5)24(28)17-31-23-14-9-8-11-18(23)3/h8-15,19,22H,6-7,16-17H2,1-5H3,(H,26,29)/t19-,22+/m0/s1. The third-order valence-corrected chi connectivity index (χ3v) is 5.32. The second kappa shape index (κ2) is 12.0. The molecule has 0 spiro atoms. The Balaban J connectivity index is 2.25. The molecule has 0 aliphatic carbocycles. The third-order valence-electron chi connectivity index (χ3n) is 5.32. The maximum Gasteiger partial charge on any atom is 0.261 e. The van der Waals surface area contributed by atoms with Crippen LogP contribution in [0.3, 0.4) is 0 Å². The molecule has 0 unspecified atom stereocenters. The van der Waals surface area contributed by atoms with Crippen LogP contribution < -0.4 is 14.8 Å². The molecule has 2 amide bonds. The van der Waals surface area contributed by atoms with Gasteiger partial charge in [-0.1, -0.05) is 44.2 Å². The zero-order chi connectivity index (χ0) is 22.8. The quantitative estimate of drug-likeness (QED) is 0.587. The molecule has 0 aliphatic rings. The van der Waals surface area contributed by atoms with Crippen molar-refractivity contribution in [3.8, 4) is 11.5 Å². The van der Waals surface area contributed by atoms with E-state index < -0.39 is 6.04 Å². The summed E-state index contributed by atoms with van der Waals surface area (Å²) in [6.07, 6.45) is 1.32. The van der Waals surface area contributed by atoms with E-state index in [0.29, 0.717) is 24.5 Å². The minimum absolute atomic E-state index is 0.0403. The largest absolute Gasteiger partial charge is 0.497 e. The summed E-state index contributed by atoms with van der Waals surface area (Å²) in [6, 6.07) is 14.5. The lowest BCUT2D eigenvalue weighted by molar-refractivity contribution is -0.143. The summed E-state index contributed by atoms with van der Waals surface area (Å²) in [4.78, 5) is 27.8. The molecule has 0 saturated heterocycles. The Hall–Kier alpha value is -3.02. The lowest BCUT2D eigenvalue weighted by Crippen LogP contribution is -2.51. The number of carbonyl (C=O) groups is 2. The van der Waals surface area contributed by atoms with Crippen molar-refractivity contribution in [1.82, 2.24) is 10.2 Å². The van der Waals surface area contributed by atoms with Crippen molar-refractivity contribution in [1.29, 1.82) is 0 Å². The van der Waals surface area contributed by atoms with E-state index >= 15 is 0 Å². The average Bonchev–Trinajstić information content (AvgIpc) is 2.78. The first-order valence-electron chi connectivity index (χ1n) is 10.8. The number of methoxy groups -OCH3 is 1. The molecular formula is C25H34N2O4. The fourth-order valence-corrected chi connectivity index (χ4v) is 3.27. The lowest BCUT2D eigenvalue weighted by atomic mass is 10.1. The molecule has 6 nitrogen and oxygen atoms in total. The summed E-state index contributed by atoms with van der Waals surface area (Å²) >= 11 is 0. The zero-order valence-corrected chi connectivity index (χ0v) is 19.2. The molecular weight excluding hydrogens is 392 g/mol. The van der Waals surface area contributed by atoms with Crippen molar-refractivity contribution in [3.63, 3.8) is 0 Å². The second-order valence-corrected chi connectivity index (χ2v) is 7.67. The smallest absolute Gasteiger partial charge is 0.261 e. The van der Waals surface area contributed by atoms with Crippen LogP contribution in [0.25, 0.3) is 0 Å². The molecule has 6 heteroatoms. The number of amides is 2. The molecule has 0 heterocycles. The van der Waals surface area contributed by atoms with E-state index in [4.69, 9.17) is 9.47 Å². The number of rotatable bonds is 11. The van der Waals surface area contributed by atoms with Gasteiger partial charge in [0, 0.05) is 12.6 Å². The van der Waals surface area contributed by atoms with E-state index in [-0.39, 0.29) is 24.5 Å². The molecule has 0 saturated carbocycles. The number of hydrogen-bond acceptors (Lipinski definition) is 4. The van der Waals surface area contributed by atoms with Gasteiger partial charge in [0.05, 0.1) is 7.11 Å². The number of para-hydroxylation sites is 1. The first-order chi connectivity index (χ1) is 14.9.